The predicted molar refractivity (Wildman–Crippen MR) is 81.6 cm³/mol. The van der Waals surface area contributed by atoms with Crippen molar-refractivity contribution in [2.75, 3.05) is 18.5 Å². The highest BCUT2D eigenvalue weighted by Crippen LogP contribution is 2.18. The van der Waals surface area contributed by atoms with Crippen LogP contribution in [-0.2, 0) is 9.59 Å². The number of pyridine rings is 1. The summed E-state index contributed by atoms with van der Waals surface area (Å²) in [7, 11) is 0. The minimum absolute atomic E-state index is 0.0806. The summed E-state index contributed by atoms with van der Waals surface area (Å²) in [4.78, 5) is 26.1. The van der Waals surface area contributed by atoms with Crippen molar-refractivity contribution in [1.29, 1.82) is 0 Å². The molecule has 0 aliphatic rings. The van der Waals surface area contributed by atoms with Gasteiger partial charge in [-0.05, 0) is 18.9 Å². The van der Waals surface area contributed by atoms with Gasteiger partial charge in [-0.25, -0.2) is 4.98 Å². The maximum Gasteiger partial charge on any atom is 0.422 e. The van der Waals surface area contributed by atoms with Crippen molar-refractivity contribution in [2.24, 2.45) is 0 Å². The van der Waals surface area contributed by atoms with Crippen LogP contribution in [0.15, 0.2) is 18.3 Å². The van der Waals surface area contributed by atoms with E-state index >= 15 is 0 Å². The van der Waals surface area contributed by atoms with Crippen molar-refractivity contribution in [1.82, 2.24) is 10.3 Å². The van der Waals surface area contributed by atoms with E-state index in [0.717, 1.165) is 12.8 Å². The summed E-state index contributed by atoms with van der Waals surface area (Å²) in [6.45, 7) is 0.616. The van der Waals surface area contributed by atoms with Gasteiger partial charge in [0.25, 0.3) is 0 Å². The normalized spacial score (nSPS) is 11.0. The van der Waals surface area contributed by atoms with Gasteiger partial charge in [0.2, 0.25) is 17.7 Å². The Hall–Kier alpha value is -2.32. The first-order valence-corrected chi connectivity index (χ1v) is 7.46. The Balaban J connectivity index is 2.23. The fourth-order valence-electron chi connectivity index (χ4n) is 1.77. The molecular formula is C15H20F3N3O3. The summed E-state index contributed by atoms with van der Waals surface area (Å²) in [6, 6.07) is 2.68. The Morgan fingerprint density at radius 2 is 1.96 bits per heavy atom. The highest BCUT2D eigenvalue weighted by atomic mass is 19.4. The van der Waals surface area contributed by atoms with Crippen LogP contribution in [0.4, 0.5) is 18.9 Å². The molecular weight excluding hydrogens is 327 g/mol. The van der Waals surface area contributed by atoms with Crippen LogP contribution in [0.25, 0.3) is 0 Å². The molecule has 0 saturated carbocycles. The van der Waals surface area contributed by atoms with Crippen LogP contribution in [0.3, 0.4) is 0 Å². The molecule has 0 fully saturated rings. The van der Waals surface area contributed by atoms with Crippen molar-refractivity contribution in [2.45, 2.75) is 38.8 Å². The number of unbranched alkanes of at least 4 members (excludes halogenated alkanes) is 2. The van der Waals surface area contributed by atoms with Gasteiger partial charge in [-0.2, -0.15) is 13.2 Å². The van der Waals surface area contributed by atoms with E-state index < -0.39 is 12.8 Å². The quantitative estimate of drug-likeness (QED) is 0.673. The van der Waals surface area contributed by atoms with E-state index in [-0.39, 0.29) is 17.7 Å². The molecule has 0 aromatic carbocycles. The lowest BCUT2D eigenvalue weighted by molar-refractivity contribution is -0.154. The lowest BCUT2D eigenvalue weighted by Gasteiger charge is -2.09. The third-order valence-corrected chi connectivity index (χ3v) is 2.86. The number of carbonyl (C=O) groups excluding carboxylic acids is 2. The van der Waals surface area contributed by atoms with E-state index in [1.54, 1.807) is 0 Å². The fourth-order valence-corrected chi connectivity index (χ4v) is 1.77. The van der Waals surface area contributed by atoms with Gasteiger partial charge in [-0.15, -0.1) is 0 Å². The van der Waals surface area contributed by atoms with Crippen molar-refractivity contribution in [3.63, 3.8) is 0 Å². The van der Waals surface area contributed by atoms with Gasteiger partial charge >= 0.3 is 6.18 Å². The van der Waals surface area contributed by atoms with Gasteiger partial charge in [0, 0.05) is 26.0 Å². The van der Waals surface area contributed by atoms with Crippen LogP contribution in [0.1, 0.15) is 32.6 Å². The first kappa shape index (κ1) is 19.7. The lowest BCUT2D eigenvalue weighted by Crippen LogP contribution is -2.20. The number of hydrogen-bond donors (Lipinski definition) is 2. The number of rotatable bonds is 9. The van der Waals surface area contributed by atoms with E-state index in [1.165, 1.54) is 25.3 Å². The number of nitrogens with one attached hydrogen (secondary N) is 2. The molecule has 0 saturated heterocycles. The van der Waals surface area contributed by atoms with Gasteiger partial charge in [-0.1, -0.05) is 6.42 Å². The van der Waals surface area contributed by atoms with E-state index in [4.69, 9.17) is 0 Å². The number of halogens is 3. The van der Waals surface area contributed by atoms with Gasteiger partial charge in [0.05, 0.1) is 11.9 Å². The van der Waals surface area contributed by atoms with Crippen molar-refractivity contribution in [3.8, 4) is 5.88 Å². The second-order valence-electron chi connectivity index (χ2n) is 5.13. The molecule has 1 heterocycles. The zero-order valence-electron chi connectivity index (χ0n) is 13.3. The fraction of sp³-hybridized carbons (Fsp3) is 0.533. The number of aromatic nitrogens is 1. The van der Waals surface area contributed by atoms with Crippen LogP contribution >= 0.6 is 0 Å². The highest BCUT2D eigenvalue weighted by Gasteiger charge is 2.28. The zero-order valence-corrected chi connectivity index (χ0v) is 13.3. The smallest absolute Gasteiger partial charge is 0.422 e. The van der Waals surface area contributed by atoms with Crippen LogP contribution in [0.5, 0.6) is 5.88 Å². The highest BCUT2D eigenvalue weighted by molar-refractivity contribution is 5.90. The maximum absolute atomic E-state index is 12.0. The summed E-state index contributed by atoms with van der Waals surface area (Å²) in [6.07, 6.45) is -0.608. The minimum Gasteiger partial charge on any atom is -0.468 e. The van der Waals surface area contributed by atoms with Crippen molar-refractivity contribution >= 4 is 17.5 Å². The monoisotopic (exact) mass is 347 g/mol. The molecule has 0 unspecified atom stereocenters. The van der Waals surface area contributed by atoms with Crippen LogP contribution < -0.4 is 15.4 Å². The van der Waals surface area contributed by atoms with E-state index in [1.807, 2.05) is 0 Å². The number of anilines is 1. The van der Waals surface area contributed by atoms with Gasteiger partial charge < -0.3 is 15.4 Å². The molecule has 0 spiro atoms. The van der Waals surface area contributed by atoms with E-state index in [9.17, 15) is 22.8 Å². The first-order chi connectivity index (χ1) is 11.3. The average Bonchev–Trinajstić information content (AvgIpc) is 2.49. The number of ether oxygens (including phenoxy) is 1. The molecule has 0 aliphatic heterocycles. The maximum atomic E-state index is 12.0. The van der Waals surface area contributed by atoms with Gasteiger partial charge in [0.1, 0.15) is 0 Å². The molecule has 24 heavy (non-hydrogen) atoms. The van der Waals surface area contributed by atoms with Crippen LogP contribution in [0, 0.1) is 0 Å². The third kappa shape index (κ3) is 9.65. The molecule has 0 aliphatic carbocycles. The van der Waals surface area contributed by atoms with E-state index in [0.29, 0.717) is 25.1 Å². The SMILES string of the molecule is CC(=O)NCCCCCC(=O)Nc1ccc(OCC(F)(F)F)nc1. The molecule has 1 rings (SSSR count). The molecule has 1 aromatic rings. The molecule has 0 bridgehead atoms. The standard InChI is InChI=1S/C15H20F3N3O3/c1-11(22)19-8-4-2-3-5-13(23)21-12-6-7-14(20-9-12)24-10-15(16,17)18/h6-7,9H,2-5,8,10H2,1H3,(H,19,22)(H,21,23). The van der Waals surface area contributed by atoms with Crippen molar-refractivity contribution in [3.05, 3.63) is 18.3 Å². The Bertz CT molecular complexity index is 533. The Kier molecular flexibility index (Phi) is 8.00. The molecule has 6 nitrogen and oxygen atoms in total. The van der Waals surface area contributed by atoms with Crippen molar-refractivity contribution < 1.29 is 27.5 Å². The summed E-state index contributed by atoms with van der Waals surface area (Å²) < 4.78 is 40.5. The molecule has 1 aromatic heterocycles. The molecule has 0 atom stereocenters. The molecule has 2 amide bonds. The second kappa shape index (κ2) is 9.74. The summed E-state index contributed by atoms with van der Waals surface area (Å²) in [5, 5.41) is 5.27. The number of nitrogens with zero attached hydrogens (tertiary/aromatic N) is 1. The Morgan fingerprint density at radius 1 is 1.21 bits per heavy atom. The summed E-state index contributed by atoms with van der Waals surface area (Å²) in [5.41, 5.74) is 0.387. The number of hydrogen-bond acceptors (Lipinski definition) is 4. The zero-order chi connectivity index (χ0) is 18.0. The van der Waals surface area contributed by atoms with Crippen LogP contribution in [-0.4, -0.2) is 36.1 Å². The Morgan fingerprint density at radius 3 is 2.54 bits per heavy atom. The first-order valence-electron chi connectivity index (χ1n) is 7.46. The van der Waals surface area contributed by atoms with E-state index in [2.05, 4.69) is 20.4 Å². The minimum atomic E-state index is -4.42. The molecule has 0 radical (unpaired) electrons. The summed E-state index contributed by atoms with van der Waals surface area (Å²) in [5.74, 6) is -0.452. The third-order valence-electron chi connectivity index (χ3n) is 2.86. The Labute approximate surface area is 137 Å². The topological polar surface area (TPSA) is 80.3 Å². The molecule has 9 heteroatoms. The average molecular weight is 347 g/mol. The number of carbonyl (C=O) groups is 2. The van der Waals surface area contributed by atoms with Crippen LogP contribution in [0.2, 0.25) is 0 Å². The second-order valence-corrected chi connectivity index (χ2v) is 5.13. The molecule has 2 N–H and O–H groups in total. The number of alkyl halides is 3. The lowest BCUT2D eigenvalue weighted by atomic mass is 10.2. The predicted octanol–water partition coefficient (Wildman–Crippen LogP) is 2.66. The van der Waals surface area contributed by atoms with Gasteiger partial charge in [-0.3, -0.25) is 9.59 Å². The largest absolute Gasteiger partial charge is 0.468 e. The summed E-state index contributed by atoms with van der Waals surface area (Å²) >= 11 is 0. The number of amides is 2. The molecule has 134 valence electrons. The van der Waals surface area contributed by atoms with Gasteiger partial charge in [0.15, 0.2) is 6.61 Å².